The fourth-order valence-corrected chi connectivity index (χ4v) is 3.26. The number of carbonyl (C=O) groups is 2. The lowest BCUT2D eigenvalue weighted by Gasteiger charge is -2.30. The number of amides is 2. The van der Waals surface area contributed by atoms with Crippen molar-refractivity contribution in [2.75, 3.05) is 13.2 Å². The van der Waals surface area contributed by atoms with E-state index in [4.69, 9.17) is 4.74 Å². The molecule has 0 spiro atoms. The van der Waals surface area contributed by atoms with E-state index in [1.165, 1.54) is 36.4 Å². The number of carbonyl (C=O) groups excluding carboxylic acids is 2. The third-order valence-electron chi connectivity index (χ3n) is 4.87. The van der Waals surface area contributed by atoms with Gasteiger partial charge in [0, 0.05) is 43.3 Å². The molecule has 2 aromatic rings. The summed E-state index contributed by atoms with van der Waals surface area (Å²) in [4.78, 5) is 34.4. The lowest BCUT2D eigenvalue weighted by molar-refractivity contribution is -0.384. The zero-order chi connectivity index (χ0) is 21.5. The van der Waals surface area contributed by atoms with Crippen molar-refractivity contribution in [2.45, 2.75) is 31.4 Å². The Hall–Kier alpha value is -3.33. The summed E-state index contributed by atoms with van der Waals surface area (Å²) in [5, 5.41) is 16.2. The van der Waals surface area contributed by atoms with Crippen molar-refractivity contribution < 1.29 is 23.6 Å². The monoisotopic (exact) mass is 415 g/mol. The number of benzene rings is 2. The first-order valence-electron chi connectivity index (χ1n) is 9.61. The molecule has 1 fully saturated rings. The molecule has 0 bridgehead atoms. The van der Waals surface area contributed by atoms with Crippen LogP contribution in [0, 0.1) is 15.9 Å². The van der Waals surface area contributed by atoms with Crippen molar-refractivity contribution >= 4 is 17.5 Å². The highest BCUT2D eigenvalue weighted by Crippen LogP contribution is 2.28. The summed E-state index contributed by atoms with van der Waals surface area (Å²) in [6.45, 7) is 0.635. The van der Waals surface area contributed by atoms with Gasteiger partial charge in [0.1, 0.15) is 5.82 Å². The molecule has 1 saturated heterocycles. The van der Waals surface area contributed by atoms with E-state index in [1.807, 2.05) is 0 Å². The van der Waals surface area contributed by atoms with Crippen molar-refractivity contribution in [3.63, 3.8) is 0 Å². The molecule has 2 amide bonds. The normalized spacial score (nSPS) is 18.4. The minimum Gasteiger partial charge on any atom is -0.373 e. The Kier molecular flexibility index (Phi) is 7.08. The predicted octanol–water partition coefficient (Wildman–Crippen LogP) is 2.89. The van der Waals surface area contributed by atoms with Crippen molar-refractivity contribution in [3.05, 3.63) is 75.6 Å². The van der Waals surface area contributed by atoms with Crippen molar-refractivity contribution in [2.24, 2.45) is 0 Å². The Bertz CT molecular complexity index is 902. The number of halogens is 1. The Labute approximate surface area is 172 Å². The zero-order valence-electron chi connectivity index (χ0n) is 16.2. The second-order valence-electron chi connectivity index (χ2n) is 7.01. The van der Waals surface area contributed by atoms with Crippen LogP contribution in [0.4, 0.5) is 10.1 Å². The first-order chi connectivity index (χ1) is 14.4. The highest BCUT2D eigenvalue weighted by atomic mass is 19.1. The molecule has 1 aliphatic rings. The Balaban J connectivity index is 1.42. The van der Waals surface area contributed by atoms with Crippen LogP contribution < -0.4 is 10.6 Å². The van der Waals surface area contributed by atoms with Gasteiger partial charge < -0.3 is 15.4 Å². The van der Waals surface area contributed by atoms with Crippen molar-refractivity contribution in [1.82, 2.24) is 10.6 Å². The van der Waals surface area contributed by atoms with Crippen LogP contribution in [0.3, 0.4) is 0 Å². The first kappa shape index (κ1) is 21.4. The number of nitrogens with zero attached hydrogens (tertiary/aromatic N) is 1. The van der Waals surface area contributed by atoms with Crippen molar-refractivity contribution in [1.29, 1.82) is 0 Å². The van der Waals surface area contributed by atoms with Crippen LogP contribution in [0.1, 0.15) is 41.3 Å². The number of hydrogen-bond donors (Lipinski definition) is 2. The van der Waals surface area contributed by atoms with Crippen LogP contribution >= 0.6 is 0 Å². The second kappa shape index (κ2) is 9.93. The molecular weight excluding hydrogens is 393 g/mol. The molecular formula is C21H22FN3O5. The molecule has 2 atom stereocenters. The maximum atomic E-state index is 13.1. The number of nitro benzene ring substituents is 1. The van der Waals surface area contributed by atoms with Crippen LogP contribution in [0.15, 0.2) is 48.5 Å². The molecule has 0 radical (unpaired) electrons. The number of non-ortho nitro benzene ring substituents is 1. The van der Waals surface area contributed by atoms with Crippen LogP contribution in [0.25, 0.3) is 0 Å². The van der Waals surface area contributed by atoms with E-state index in [1.54, 1.807) is 12.1 Å². The molecule has 0 unspecified atom stereocenters. The molecule has 2 N–H and O–H groups in total. The molecule has 1 aliphatic heterocycles. The average Bonchev–Trinajstić information content (AvgIpc) is 2.74. The standard InChI is InChI=1S/C21H22FN3O5/c22-16-5-1-14(2-6-16)19-13-17(10-12-30-19)24-20(26)9-11-23-21(27)15-3-7-18(8-4-15)25(28)29/h1-8,17,19H,9-13H2,(H,23,27)(H,24,26)/t17-,19+/m0/s1. The van der Waals surface area contributed by atoms with E-state index in [2.05, 4.69) is 10.6 Å². The summed E-state index contributed by atoms with van der Waals surface area (Å²) in [6.07, 6.45) is 1.18. The quantitative estimate of drug-likeness (QED) is 0.534. The maximum absolute atomic E-state index is 13.1. The van der Waals surface area contributed by atoms with Gasteiger partial charge in [0.15, 0.2) is 0 Å². The van der Waals surface area contributed by atoms with E-state index in [-0.39, 0.29) is 48.1 Å². The van der Waals surface area contributed by atoms with E-state index in [9.17, 15) is 24.1 Å². The third-order valence-corrected chi connectivity index (χ3v) is 4.87. The van der Waals surface area contributed by atoms with Gasteiger partial charge in [0.05, 0.1) is 11.0 Å². The number of ether oxygens (including phenoxy) is 1. The average molecular weight is 415 g/mol. The van der Waals surface area contributed by atoms with Gasteiger partial charge in [-0.1, -0.05) is 12.1 Å². The Morgan fingerprint density at radius 2 is 1.83 bits per heavy atom. The molecule has 0 aliphatic carbocycles. The van der Waals surface area contributed by atoms with Gasteiger partial charge >= 0.3 is 0 Å². The fourth-order valence-electron chi connectivity index (χ4n) is 3.26. The van der Waals surface area contributed by atoms with Gasteiger partial charge in [0.25, 0.3) is 11.6 Å². The molecule has 9 heteroatoms. The van der Waals surface area contributed by atoms with Gasteiger partial charge in [-0.2, -0.15) is 0 Å². The van der Waals surface area contributed by atoms with Crippen LogP contribution in [0.2, 0.25) is 0 Å². The number of rotatable bonds is 7. The summed E-state index contributed by atoms with van der Waals surface area (Å²) in [5.74, 6) is -0.904. The lowest BCUT2D eigenvalue weighted by Crippen LogP contribution is -2.41. The van der Waals surface area contributed by atoms with Gasteiger partial charge in [-0.25, -0.2) is 4.39 Å². The van der Waals surface area contributed by atoms with E-state index in [0.29, 0.717) is 19.4 Å². The molecule has 1 heterocycles. The fraction of sp³-hybridized carbons (Fsp3) is 0.333. The third kappa shape index (κ3) is 5.84. The predicted molar refractivity (Wildman–Crippen MR) is 106 cm³/mol. The number of nitrogens with one attached hydrogen (secondary N) is 2. The lowest BCUT2D eigenvalue weighted by atomic mass is 9.97. The molecule has 2 aromatic carbocycles. The first-order valence-corrected chi connectivity index (χ1v) is 9.61. The molecule has 158 valence electrons. The van der Waals surface area contributed by atoms with Gasteiger partial charge in [-0.3, -0.25) is 19.7 Å². The summed E-state index contributed by atoms with van der Waals surface area (Å²) >= 11 is 0. The van der Waals surface area contributed by atoms with E-state index in [0.717, 1.165) is 5.56 Å². The minimum atomic E-state index is -0.539. The molecule has 3 rings (SSSR count). The Morgan fingerprint density at radius 1 is 1.13 bits per heavy atom. The zero-order valence-corrected chi connectivity index (χ0v) is 16.2. The summed E-state index contributed by atoms with van der Waals surface area (Å²) in [7, 11) is 0. The summed E-state index contributed by atoms with van der Waals surface area (Å²) in [5.41, 5.74) is 1.06. The molecule has 30 heavy (non-hydrogen) atoms. The summed E-state index contributed by atoms with van der Waals surface area (Å²) < 4.78 is 18.8. The molecule has 8 nitrogen and oxygen atoms in total. The molecule has 0 saturated carbocycles. The smallest absolute Gasteiger partial charge is 0.269 e. The second-order valence-corrected chi connectivity index (χ2v) is 7.01. The summed E-state index contributed by atoms with van der Waals surface area (Å²) in [6, 6.07) is 11.3. The number of nitro groups is 1. The van der Waals surface area contributed by atoms with Crippen LogP contribution in [-0.4, -0.2) is 35.9 Å². The SMILES string of the molecule is O=C(CCNC(=O)c1ccc([N+](=O)[O-])cc1)N[C@H]1CCO[C@@H](c2ccc(F)cc2)C1. The van der Waals surface area contributed by atoms with Gasteiger partial charge in [-0.05, 0) is 42.7 Å². The maximum Gasteiger partial charge on any atom is 0.269 e. The van der Waals surface area contributed by atoms with E-state index >= 15 is 0 Å². The topological polar surface area (TPSA) is 111 Å². The Morgan fingerprint density at radius 3 is 2.50 bits per heavy atom. The highest BCUT2D eigenvalue weighted by molar-refractivity contribution is 5.94. The highest BCUT2D eigenvalue weighted by Gasteiger charge is 2.25. The minimum absolute atomic E-state index is 0.0633. The number of hydrogen-bond acceptors (Lipinski definition) is 5. The van der Waals surface area contributed by atoms with Crippen LogP contribution in [-0.2, 0) is 9.53 Å². The molecule has 0 aromatic heterocycles. The van der Waals surface area contributed by atoms with Crippen LogP contribution in [0.5, 0.6) is 0 Å². The largest absolute Gasteiger partial charge is 0.373 e. The van der Waals surface area contributed by atoms with Gasteiger partial charge in [-0.15, -0.1) is 0 Å². The van der Waals surface area contributed by atoms with E-state index < -0.39 is 10.8 Å². The van der Waals surface area contributed by atoms with Gasteiger partial charge in [0.2, 0.25) is 5.91 Å². The van der Waals surface area contributed by atoms with Crippen molar-refractivity contribution in [3.8, 4) is 0 Å².